The molecule has 0 saturated heterocycles. The topological polar surface area (TPSA) is 108 Å². The Labute approximate surface area is 439 Å². The quantitative estimate of drug-likeness (QED) is 0.0211. The van der Waals surface area contributed by atoms with E-state index in [9.17, 15) is 19.0 Å². The normalized spacial score (nSPS) is 13.6. The summed E-state index contributed by atoms with van der Waals surface area (Å²) >= 11 is 0. The van der Waals surface area contributed by atoms with Crippen LogP contribution in [0.4, 0.5) is 0 Å². The van der Waals surface area contributed by atoms with Gasteiger partial charge in [-0.3, -0.25) is 18.6 Å². The lowest BCUT2D eigenvalue weighted by Crippen LogP contribution is -2.37. The van der Waals surface area contributed by atoms with Gasteiger partial charge < -0.3 is 18.9 Å². The minimum atomic E-state index is -4.39. The zero-order valence-corrected chi connectivity index (χ0v) is 48.1. The van der Waals surface area contributed by atoms with Crippen LogP contribution in [0.3, 0.4) is 0 Å². The molecule has 416 valence electrons. The van der Waals surface area contributed by atoms with Crippen molar-refractivity contribution < 1.29 is 42.1 Å². The second kappa shape index (κ2) is 52.8. The van der Waals surface area contributed by atoms with Crippen molar-refractivity contribution >= 4 is 19.8 Å². The van der Waals surface area contributed by atoms with Crippen molar-refractivity contribution in [3.05, 3.63) is 48.6 Å². The summed E-state index contributed by atoms with van der Waals surface area (Å²) in [5.74, 6) is -0.787. The summed E-state index contributed by atoms with van der Waals surface area (Å²) in [4.78, 5) is 35.7. The van der Waals surface area contributed by atoms with Crippen molar-refractivity contribution in [3.8, 4) is 0 Å². The number of rotatable bonds is 55. The van der Waals surface area contributed by atoms with Crippen molar-refractivity contribution in [2.24, 2.45) is 0 Å². The molecule has 10 heteroatoms. The molecule has 0 aliphatic carbocycles. The summed E-state index contributed by atoms with van der Waals surface area (Å²) in [6.07, 6.45) is 66.1. The number of phosphoric acid groups is 1. The first-order chi connectivity index (χ1) is 34.5. The lowest BCUT2D eigenvalue weighted by Gasteiger charge is -2.24. The minimum absolute atomic E-state index is 0.0322. The van der Waals surface area contributed by atoms with Crippen molar-refractivity contribution in [1.82, 2.24) is 0 Å². The van der Waals surface area contributed by atoms with Crippen LogP contribution >= 0.6 is 7.82 Å². The Morgan fingerprint density at radius 2 is 0.803 bits per heavy atom. The van der Waals surface area contributed by atoms with Crippen LogP contribution in [0, 0.1) is 0 Å². The van der Waals surface area contributed by atoms with Crippen LogP contribution in [0.15, 0.2) is 48.6 Å². The van der Waals surface area contributed by atoms with Gasteiger partial charge in [0.2, 0.25) is 0 Å². The van der Waals surface area contributed by atoms with E-state index in [1.165, 1.54) is 180 Å². The molecule has 0 rings (SSSR count). The lowest BCUT2D eigenvalue weighted by atomic mass is 10.0. The summed E-state index contributed by atoms with van der Waals surface area (Å²) in [6, 6.07) is 0. The number of esters is 2. The van der Waals surface area contributed by atoms with E-state index < -0.39 is 26.5 Å². The number of ether oxygens (including phenoxy) is 2. The molecule has 0 aromatic heterocycles. The van der Waals surface area contributed by atoms with E-state index in [0.717, 1.165) is 64.2 Å². The molecule has 2 unspecified atom stereocenters. The Morgan fingerprint density at radius 3 is 1.20 bits per heavy atom. The largest absolute Gasteiger partial charge is 0.472 e. The molecular formula is C61H115NO8P+. The average molecular weight is 1020 g/mol. The number of carbonyl (C=O) groups excluding carboxylic acids is 2. The molecule has 0 amide bonds. The standard InChI is InChI=1S/C61H114NO8P/c1-6-8-10-12-14-16-18-20-22-24-26-28-30-31-32-34-36-38-40-42-44-46-48-50-52-54-61(64)70-59(58-69-71(65,66)68-56-55-62(3,4)5)57-67-60(63)53-51-49-47-45-43-41-39-37-35-33-29-27-25-23-21-19-17-15-13-11-9-7-2/h8,10,14,16,20,22,26,28,59H,6-7,9,11-13,15,17-19,21,23-25,27,29-58H2,1-5H3/p+1/b10-8-,16-14-,22-20-,28-26-. The highest BCUT2D eigenvalue weighted by molar-refractivity contribution is 7.47. The molecule has 0 fully saturated rings. The molecule has 0 heterocycles. The first kappa shape index (κ1) is 69.0. The van der Waals surface area contributed by atoms with Gasteiger partial charge in [0.05, 0.1) is 27.7 Å². The highest BCUT2D eigenvalue weighted by Crippen LogP contribution is 2.43. The molecule has 71 heavy (non-hydrogen) atoms. The number of unbranched alkanes of at least 4 members (excludes halogenated alkanes) is 33. The molecule has 0 saturated carbocycles. The number of carbonyl (C=O) groups is 2. The van der Waals surface area contributed by atoms with E-state index in [0.29, 0.717) is 23.9 Å². The van der Waals surface area contributed by atoms with E-state index in [-0.39, 0.29) is 25.6 Å². The molecule has 0 aliphatic rings. The molecule has 0 aliphatic heterocycles. The van der Waals surface area contributed by atoms with Crippen molar-refractivity contribution in [2.45, 2.75) is 283 Å². The van der Waals surface area contributed by atoms with Gasteiger partial charge in [0, 0.05) is 12.8 Å². The predicted molar refractivity (Wildman–Crippen MR) is 303 cm³/mol. The van der Waals surface area contributed by atoms with Gasteiger partial charge in [0.15, 0.2) is 6.10 Å². The highest BCUT2D eigenvalue weighted by Gasteiger charge is 2.27. The fraction of sp³-hybridized carbons (Fsp3) is 0.836. The van der Waals surface area contributed by atoms with Crippen LogP contribution < -0.4 is 0 Å². The second-order valence-electron chi connectivity index (χ2n) is 21.4. The molecule has 0 radical (unpaired) electrons. The SMILES string of the molecule is CC/C=C\C/C=C\C/C=C\C/C=C\CCCCCCCCCCCCCCC(=O)OC(COC(=O)CCCCCCCCCCCCCCCCCCCCCCCC)COP(=O)(O)OCC[N+](C)(C)C. The molecule has 0 aromatic carbocycles. The summed E-state index contributed by atoms with van der Waals surface area (Å²) < 4.78 is 34.6. The maximum atomic E-state index is 12.8. The zero-order chi connectivity index (χ0) is 52.0. The Bertz CT molecular complexity index is 1340. The molecule has 9 nitrogen and oxygen atoms in total. The van der Waals surface area contributed by atoms with Gasteiger partial charge in [0.25, 0.3) is 0 Å². The molecular weight excluding hydrogens is 906 g/mol. The van der Waals surface area contributed by atoms with E-state index in [2.05, 4.69) is 62.5 Å². The second-order valence-corrected chi connectivity index (χ2v) is 22.8. The first-order valence-corrected chi connectivity index (χ1v) is 31.4. The summed E-state index contributed by atoms with van der Waals surface area (Å²) in [7, 11) is 1.48. The Hall–Kier alpha value is -2.03. The monoisotopic (exact) mass is 1020 g/mol. The smallest absolute Gasteiger partial charge is 0.462 e. The van der Waals surface area contributed by atoms with Crippen LogP contribution in [0.5, 0.6) is 0 Å². The van der Waals surface area contributed by atoms with Gasteiger partial charge in [-0.05, 0) is 51.4 Å². The number of hydrogen-bond donors (Lipinski definition) is 1. The van der Waals surface area contributed by atoms with E-state index >= 15 is 0 Å². The van der Waals surface area contributed by atoms with Crippen LogP contribution in [-0.4, -0.2) is 74.9 Å². The minimum Gasteiger partial charge on any atom is -0.462 e. The number of quaternary nitrogens is 1. The zero-order valence-electron chi connectivity index (χ0n) is 47.2. The maximum Gasteiger partial charge on any atom is 0.472 e. The third-order valence-electron chi connectivity index (χ3n) is 13.1. The van der Waals surface area contributed by atoms with E-state index in [1.807, 2.05) is 21.1 Å². The third kappa shape index (κ3) is 57.1. The summed E-state index contributed by atoms with van der Waals surface area (Å²) in [6.45, 7) is 4.36. The molecule has 0 aromatic rings. The van der Waals surface area contributed by atoms with Gasteiger partial charge in [-0.2, -0.15) is 0 Å². The number of nitrogens with zero attached hydrogens (tertiary/aromatic N) is 1. The van der Waals surface area contributed by atoms with E-state index in [1.54, 1.807) is 0 Å². The average Bonchev–Trinajstić information content (AvgIpc) is 3.33. The highest BCUT2D eigenvalue weighted by atomic mass is 31.2. The number of hydrogen-bond acceptors (Lipinski definition) is 7. The van der Waals surface area contributed by atoms with Gasteiger partial charge in [-0.1, -0.05) is 262 Å². The number of phosphoric ester groups is 1. The maximum absolute atomic E-state index is 12.8. The summed E-state index contributed by atoms with van der Waals surface area (Å²) in [5.41, 5.74) is 0. The Balaban J connectivity index is 4.13. The number of allylic oxidation sites excluding steroid dienone is 8. The van der Waals surface area contributed by atoms with E-state index in [4.69, 9.17) is 18.5 Å². The molecule has 2 atom stereocenters. The van der Waals surface area contributed by atoms with Crippen LogP contribution in [0.25, 0.3) is 0 Å². The summed E-state index contributed by atoms with van der Waals surface area (Å²) in [5, 5.41) is 0. The van der Waals surface area contributed by atoms with Gasteiger partial charge in [0.1, 0.15) is 19.8 Å². The molecule has 0 spiro atoms. The van der Waals surface area contributed by atoms with Crippen molar-refractivity contribution in [2.75, 3.05) is 47.5 Å². The van der Waals surface area contributed by atoms with Crippen molar-refractivity contribution in [1.29, 1.82) is 0 Å². The van der Waals surface area contributed by atoms with Crippen LogP contribution in [0.1, 0.15) is 277 Å². The Kier molecular flexibility index (Phi) is 51.3. The van der Waals surface area contributed by atoms with Crippen molar-refractivity contribution in [3.63, 3.8) is 0 Å². The van der Waals surface area contributed by atoms with Gasteiger partial charge in [-0.25, -0.2) is 4.57 Å². The van der Waals surface area contributed by atoms with Crippen LogP contribution in [0.2, 0.25) is 0 Å². The third-order valence-corrected chi connectivity index (χ3v) is 14.1. The Morgan fingerprint density at radius 1 is 0.451 bits per heavy atom. The fourth-order valence-electron chi connectivity index (χ4n) is 8.54. The van der Waals surface area contributed by atoms with Crippen LogP contribution in [-0.2, 0) is 32.7 Å². The number of likely N-dealkylation sites (N-methyl/N-ethyl adjacent to an activating group) is 1. The van der Waals surface area contributed by atoms with Gasteiger partial charge in [-0.15, -0.1) is 0 Å². The fourth-order valence-corrected chi connectivity index (χ4v) is 9.28. The first-order valence-electron chi connectivity index (χ1n) is 29.9. The predicted octanol–water partition coefficient (Wildman–Crippen LogP) is 18.5. The van der Waals surface area contributed by atoms with Gasteiger partial charge >= 0.3 is 19.8 Å². The lowest BCUT2D eigenvalue weighted by molar-refractivity contribution is -0.870. The molecule has 0 bridgehead atoms. The molecule has 1 N–H and O–H groups in total.